The monoisotopic (exact) mass is 405 g/mol. The number of amides is 1. The summed E-state index contributed by atoms with van der Waals surface area (Å²) in [6.07, 6.45) is 9.90. The summed E-state index contributed by atoms with van der Waals surface area (Å²) >= 11 is 1.64. The molecule has 2 atom stereocenters. The lowest BCUT2D eigenvalue weighted by Crippen LogP contribution is -2.51. The van der Waals surface area contributed by atoms with Crippen LogP contribution in [0.2, 0.25) is 0 Å². The average molecular weight is 406 g/mol. The molecule has 5 heteroatoms. The van der Waals surface area contributed by atoms with Crippen molar-refractivity contribution in [3.05, 3.63) is 21.9 Å². The van der Waals surface area contributed by atoms with E-state index in [1.54, 1.807) is 11.3 Å². The van der Waals surface area contributed by atoms with Crippen molar-refractivity contribution in [3.8, 4) is 11.8 Å². The molecule has 2 heterocycles. The number of hydrogen-bond donors (Lipinski definition) is 1. The maximum absolute atomic E-state index is 11.5. The summed E-state index contributed by atoms with van der Waals surface area (Å²) < 4.78 is 11.8. The highest BCUT2D eigenvalue weighted by Crippen LogP contribution is 2.36. The topological polar surface area (TPSA) is 47.6 Å². The molecule has 1 fully saturated rings. The predicted molar refractivity (Wildman–Crippen MR) is 115 cm³/mol. The Hall–Kier alpha value is -1.35. The highest BCUT2D eigenvalue weighted by atomic mass is 32.1. The van der Waals surface area contributed by atoms with Crippen LogP contribution in [-0.2, 0) is 14.3 Å². The van der Waals surface area contributed by atoms with Crippen molar-refractivity contribution in [3.63, 3.8) is 0 Å². The Labute approximate surface area is 174 Å². The van der Waals surface area contributed by atoms with Gasteiger partial charge in [-0.15, -0.1) is 11.3 Å². The molecule has 0 spiro atoms. The molecule has 2 rings (SSSR count). The first kappa shape index (κ1) is 22.9. The SMILES string of the molecule is CCCCCCCCCC#Cc1ccc(C2OC(C)(C)OCC2NC(C)=O)s1. The van der Waals surface area contributed by atoms with Gasteiger partial charge >= 0.3 is 0 Å². The van der Waals surface area contributed by atoms with Gasteiger partial charge in [0.2, 0.25) is 5.91 Å². The lowest BCUT2D eigenvalue weighted by atomic mass is 10.1. The van der Waals surface area contributed by atoms with E-state index in [-0.39, 0.29) is 18.1 Å². The summed E-state index contributed by atoms with van der Waals surface area (Å²) in [5, 5.41) is 2.94. The molecule has 1 amide bonds. The smallest absolute Gasteiger partial charge is 0.217 e. The lowest BCUT2D eigenvalue weighted by Gasteiger charge is -2.40. The number of carbonyl (C=O) groups excluding carboxylic acids is 1. The van der Waals surface area contributed by atoms with E-state index in [0.29, 0.717) is 6.61 Å². The van der Waals surface area contributed by atoms with Gasteiger partial charge in [-0.1, -0.05) is 57.3 Å². The van der Waals surface area contributed by atoms with Gasteiger partial charge in [-0.2, -0.15) is 0 Å². The molecule has 4 nitrogen and oxygen atoms in total. The number of carbonyl (C=O) groups is 1. The van der Waals surface area contributed by atoms with Crippen molar-refractivity contribution in [1.29, 1.82) is 0 Å². The zero-order valence-electron chi connectivity index (χ0n) is 17.8. The third-order valence-electron chi connectivity index (χ3n) is 4.80. The summed E-state index contributed by atoms with van der Waals surface area (Å²) in [6, 6.07) is 3.93. The number of hydrogen-bond acceptors (Lipinski definition) is 4. The van der Waals surface area contributed by atoms with Crippen LogP contribution in [-0.4, -0.2) is 24.3 Å². The zero-order valence-corrected chi connectivity index (χ0v) is 18.6. The quantitative estimate of drug-likeness (QED) is 0.432. The van der Waals surface area contributed by atoms with Gasteiger partial charge in [0, 0.05) is 18.2 Å². The van der Waals surface area contributed by atoms with Crippen molar-refractivity contribution in [1.82, 2.24) is 5.32 Å². The highest BCUT2D eigenvalue weighted by Gasteiger charge is 2.38. The van der Waals surface area contributed by atoms with Crippen LogP contribution in [0.5, 0.6) is 0 Å². The van der Waals surface area contributed by atoms with Gasteiger partial charge < -0.3 is 14.8 Å². The van der Waals surface area contributed by atoms with Gasteiger partial charge in [0.1, 0.15) is 6.10 Å². The van der Waals surface area contributed by atoms with E-state index in [1.807, 2.05) is 19.9 Å². The molecule has 1 aliphatic rings. The summed E-state index contributed by atoms with van der Waals surface area (Å²) in [5.41, 5.74) is 0. The third-order valence-corrected chi connectivity index (χ3v) is 5.86. The van der Waals surface area contributed by atoms with Gasteiger partial charge in [0.25, 0.3) is 0 Å². The normalized spacial score (nSPS) is 21.0. The Morgan fingerprint density at radius 2 is 1.93 bits per heavy atom. The summed E-state index contributed by atoms with van der Waals surface area (Å²) in [7, 11) is 0. The minimum Gasteiger partial charge on any atom is -0.348 e. The van der Waals surface area contributed by atoms with E-state index in [9.17, 15) is 4.79 Å². The van der Waals surface area contributed by atoms with Crippen LogP contribution in [0.15, 0.2) is 12.1 Å². The van der Waals surface area contributed by atoms with E-state index in [2.05, 4.69) is 30.1 Å². The van der Waals surface area contributed by atoms with E-state index in [1.165, 1.54) is 51.9 Å². The molecular formula is C23H35NO3S. The average Bonchev–Trinajstić information content (AvgIpc) is 3.10. The first-order chi connectivity index (χ1) is 13.4. The first-order valence-corrected chi connectivity index (χ1v) is 11.4. The second-order valence-corrected chi connectivity index (χ2v) is 9.05. The molecule has 0 aliphatic carbocycles. The molecule has 0 saturated carbocycles. The highest BCUT2D eigenvalue weighted by molar-refractivity contribution is 7.12. The Kier molecular flexibility index (Phi) is 9.50. The van der Waals surface area contributed by atoms with Crippen LogP contribution in [0.4, 0.5) is 0 Å². The van der Waals surface area contributed by atoms with Crippen LogP contribution < -0.4 is 5.32 Å². The fraction of sp³-hybridized carbons (Fsp3) is 0.696. The van der Waals surface area contributed by atoms with E-state index in [0.717, 1.165) is 16.2 Å². The van der Waals surface area contributed by atoms with Gasteiger partial charge in [-0.05, 0) is 32.4 Å². The Bertz CT molecular complexity index is 671. The molecule has 2 unspecified atom stereocenters. The summed E-state index contributed by atoms with van der Waals surface area (Å²) in [5.74, 6) is 5.86. The Balaban J connectivity index is 1.85. The fourth-order valence-corrected chi connectivity index (χ4v) is 4.31. The Morgan fingerprint density at radius 1 is 1.21 bits per heavy atom. The molecule has 1 N–H and O–H groups in total. The number of rotatable bonds is 9. The van der Waals surface area contributed by atoms with Crippen molar-refractivity contribution in [2.24, 2.45) is 0 Å². The molecule has 1 aromatic rings. The van der Waals surface area contributed by atoms with Crippen molar-refractivity contribution in [2.75, 3.05) is 6.61 Å². The van der Waals surface area contributed by atoms with Gasteiger partial charge in [-0.3, -0.25) is 4.79 Å². The van der Waals surface area contributed by atoms with Crippen LogP contribution in [0, 0.1) is 11.8 Å². The molecule has 156 valence electrons. The van der Waals surface area contributed by atoms with E-state index in [4.69, 9.17) is 9.47 Å². The zero-order chi connectivity index (χ0) is 20.4. The van der Waals surface area contributed by atoms with Gasteiger partial charge in [0.05, 0.1) is 17.5 Å². The third kappa shape index (κ3) is 7.95. The standard InChI is InChI=1S/C23H35NO3S/c1-5-6-7-8-9-10-11-12-13-14-19-15-16-21(28-19)22-20(24-18(2)25)17-26-23(3,4)27-22/h15-16,20,22H,5-12,17H2,1-4H3,(H,24,25). The van der Waals surface area contributed by atoms with E-state index >= 15 is 0 Å². The fourth-order valence-electron chi connectivity index (χ4n) is 3.33. The van der Waals surface area contributed by atoms with Crippen LogP contribution >= 0.6 is 11.3 Å². The summed E-state index contributed by atoms with van der Waals surface area (Å²) in [4.78, 5) is 13.6. The van der Waals surface area contributed by atoms with Crippen LogP contribution in [0.25, 0.3) is 0 Å². The molecule has 28 heavy (non-hydrogen) atoms. The number of nitrogens with one attached hydrogen (secondary N) is 1. The second kappa shape index (κ2) is 11.6. The Morgan fingerprint density at radius 3 is 2.64 bits per heavy atom. The lowest BCUT2D eigenvalue weighted by molar-refractivity contribution is -0.284. The maximum Gasteiger partial charge on any atom is 0.217 e. The first-order valence-electron chi connectivity index (χ1n) is 10.6. The number of ether oxygens (including phenoxy) is 2. The van der Waals surface area contributed by atoms with Crippen LogP contribution in [0.3, 0.4) is 0 Å². The predicted octanol–water partition coefficient (Wildman–Crippen LogP) is 5.57. The van der Waals surface area contributed by atoms with E-state index < -0.39 is 5.79 Å². The molecule has 0 aromatic carbocycles. The van der Waals surface area contributed by atoms with Gasteiger partial charge in [-0.25, -0.2) is 0 Å². The van der Waals surface area contributed by atoms with Gasteiger partial charge in [0.15, 0.2) is 5.79 Å². The van der Waals surface area contributed by atoms with Crippen LogP contribution in [0.1, 0.15) is 94.9 Å². The van der Waals surface area contributed by atoms with Crippen molar-refractivity contribution >= 4 is 17.2 Å². The maximum atomic E-state index is 11.5. The minimum atomic E-state index is -0.660. The second-order valence-electron chi connectivity index (χ2n) is 7.93. The summed E-state index contributed by atoms with van der Waals surface area (Å²) in [6.45, 7) is 8.02. The molecular weight excluding hydrogens is 370 g/mol. The minimum absolute atomic E-state index is 0.0758. The number of thiophene rings is 1. The molecule has 1 aliphatic heterocycles. The molecule has 1 saturated heterocycles. The molecule has 0 radical (unpaired) electrons. The molecule has 0 bridgehead atoms. The number of unbranched alkanes of at least 4 members (excludes halogenated alkanes) is 7. The largest absolute Gasteiger partial charge is 0.348 e. The van der Waals surface area contributed by atoms with Crippen molar-refractivity contribution < 1.29 is 14.3 Å². The molecule has 1 aromatic heterocycles. The van der Waals surface area contributed by atoms with Crippen molar-refractivity contribution in [2.45, 2.75) is 97.0 Å².